The molecule has 0 aliphatic carbocycles. The molecule has 1 aromatic rings. The molecular weight excluding hydrogens is 224 g/mol. The van der Waals surface area contributed by atoms with E-state index in [2.05, 4.69) is 49.3 Å². The van der Waals surface area contributed by atoms with E-state index in [9.17, 15) is 0 Å². The highest BCUT2D eigenvalue weighted by atomic mass is 16.5. The minimum Gasteiger partial charge on any atom is -0.383 e. The van der Waals surface area contributed by atoms with E-state index in [0.717, 1.165) is 32.8 Å². The van der Waals surface area contributed by atoms with E-state index in [0.29, 0.717) is 0 Å². The highest BCUT2D eigenvalue weighted by Gasteiger charge is 2.02. The molecular formula is C15H26N2O. The lowest BCUT2D eigenvalue weighted by Gasteiger charge is -2.17. The molecule has 1 aromatic carbocycles. The number of nitrogens with zero attached hydrogens (tertiary/aromatic N) is 1. The summed E-state index contributed by atoms with van der Waals surface area (Å²) in [5, 5.41) is 3.51. The Labute approximate surface area is 111 Å². The molecule has 0 amide bonds. The first-order valence-corrected chi connectivity index (χ1v) is 6.58. The van der Waals surface area contributed by atoms with Gasteiger partial charge in [0.15, 0.2) is 0 Å². The van der Waals surface area contributed by atoms with Crippen molar-refractivity contribution in [3.63, 3.8) is 0 Å². The average Bonchev–Trinajstić information content (AvgIpc) is 2.35. The molecule has 0 aliphatic rings. The van der Waals surface area contributed by atoms with Crippen LogP contribution < -0.4 is 5.32 Å². The first kappa shape index (κ1) is 15.2. The number of nitrogens with one attached hydrogen (secondary N) is 1. The van der Waals surface area contributed by atoms with Crippen LogP contribution in [-0.4, -0.2) is 45.3 Å². The Kier molecular flexibility index (Phi) is 6.94. The first-order valence-electron chi connectivity index (χ1n) is 6.58. The molecule has 0 saturated carbocycles. The van der Waals surface area contributed by atoms with E-state index in [1.165, 1.54) is 16.7 Å². The summed E-state index contributed by atoms with van der Waals surface area (Å²) >= 11 is 0. The molecule has 0 atom stereocenters. The van der Waals surface area contributed by atoms with Crippen molar-refractivity contribution in [2.45, 2.75) is 20.4 Å². The van der Waals surface area contributed by atoms with Gasteiger partial charge in [-0.3, -0.25) is 0 Å². The largest absolute Gasteiger partial charge is 0.383 e. The van der Waals surface area contributed by atoms with Gasteiger partial charge in [0.25, 0.3) is 0 Å². The van der Waals surface area contributed by atoms with Crippen LogP contribution >= 0.6 is 0 Å². The maximum absolute atomic E-state index is 5.06. The molecule has 0 radical (unpaired) electrons. The lowest BCUT2D eigenvalue weighted by molar-refractivity contribution is 0.161. The van der Waals surface area contributed by atoms with Gasteiger partial charge in [0.05, 0.1) is 6.61 Å². The molecule has 0 heterocycles. The fourth-order valence-electron chi connectivity index (χ4n) is 1.97. The van der Waals surface area contributed by atoms with Crippen molar-refractivity contribution in [2.75, 3.05) is 40.4 Å². The summed E-state index contributed by atoms with van der Waals surface area (Å²) in [7, 11) is 3.87. The minimum atomic E-state index is 0.799. The highest BCUT2D eigenvalue weighted by Crippen LogP contribution is 2.12. The summed E-state index contributed by atoms with van der Waals surface area (Å²) in [4.78, 5) is 2.28. The molecule has 3 nitrogen and oxygen atoms in total. The second-order valence-corrected chi connectivity index (χ2v) is 4.84. The maximum atomic E-state index is 5.06. The monoisotopic (exact) mass is 250 g/mol. The van der Waals surface area contributed by atoms with Crippen molar-refractivity contribution in [1.82, 2.24) is 10.2 Å². The molecule has 1 rings (SSSR count). The third kappa shape index (κ3) is 5.17. The highest BCUT2D eigenvalue weighted by molar-refractivity contribution is 5.33. The number of aryl methyl sites for hydroxylation is 2. The normalized spacial score (nSPS) is 11.2. The van der Waals surface area contributed by atoms with Gasteiger partial charge >= 0.3 is 0 Å². The van der Waals surface area contributed by atoms with Crippen LogP contribution in [0, 0.1) is 13.8 Å². The molecule has 102 valence electrons. The number of hydrogen-bond donors (Lipinski definition) is 1. The predicted octanol–water partition coefficient (Wildman–Crippen LogP) is 1.97. The Morgan fingerprint density at radius 2 is 1.83 bits per heavy atom. The quantitative estimate of drug-likeness (QED) is 0.714. The zero-order valence-electron chi connectivity index (χ0n) is 12.1. The molecule has 18 heavy (non-hydrogen) atoms. The minimum absolute atomic E-state index is 0.799. The first-order chi connectivity index (χ1) is 8.65. The number of likely N-dealkylation sites (N-methyl/N-ethyl adjacent to an activating group) is 1. The summed E-state index contributed by atoms with van der Waals surface area (Å²) in [5.41, 5.74) is 4.17. The second-order valence-electron chi connectivity index (χ2n) is 4.84. The number of hydrogen-bond acceptors (Lipinski definition) is 3. The zero-order valence-corrected chi connectivity index (χ0v) is 12.1. The molecule has 1 N–H and O–H groups in total. The Morgan fingerprint density at radius 1 is 1.17 bits per heavy atom. The van der Waals surface area contributed by atoms with Crippen LogP contribution in [0.3, 0.4) is 0 Å². The smallest absolute Gasteiger partial charge is 0.0589 e. The Morgan fingerprint density at radius 3 is 2.44 bits per heavy atom. The standard InChI is InChI=1S/C15H26N2O/c1-13-6-5-7-14(2)15(13)12-16-8-9-17(3)10-11-18-4/h5-7,16H,8-12H2,1-4H3. The van der Waals surface area contributed by atoms with Gasteiger partial charge in [-0.2, -0.15) is 0 Å². The summed E-state index contributed by atoms with van der Waals surface area (Å²) in [6.07, 6.45) is 0. The van der Waals surface area contributed by atoms with E-state index in [1.54, 1.807) is 7.11 Å². The van der Waals surface area contributed by atoms with Crippen molar-refractivity contribution in [2.24, 2.45) is 0 Å². The zero-order chi connectivity index (χ0) is 13.4. The molecule has 0 saturated heterocycles. The van der Waals surface area contributed by atoms with Gasteiger partial charge in [-0.25, -0.2) is 0 Å². The Bertz CT molecular complexity index is 332. The van der Waals surface area contributed by atoms with Crippen LogP contribution in [0.2, 0.25) is 0 Å². The van der Waals surface area contributed by atoms with Crippen LogP contribution in [0.1, 0.15) is 16.7 Å². The van der Waals surface area contributed by atoms with E-state index < -0.39 is 0 Å². The lowest BCUT2D eigenvalue weighted by Crippen LogP contribution is -2.31. The van der Waals surface area contributed by atoms with Crippen LogP contribution in [0.4, 0.5) is 0 Å². The van der Waals surface area contributed by atoms with Gasteiger partial charge in [0.2, 0.25) is 0 Å². The molecule has 0 unspecified atom stereocenters. The lowest BCUT2D eigenvalue weighted by atomic mass is 10.0. The Hall–Kier alpha value is -0.900. The Balaban J connectivity index is 2.25. The molecule has 0 bridgehead atoms. The number of ether oxygens (including phenoxy) is 1. The molecule has 3 heteroatoms. The predicted molar refractivity (Wildman–Crippen MR) is 77.0 cm³/mol. The van der Waals surface area contributed by atoms with Crippen LogP contribution in [0.15, 0.2) is 18.2 Å². The van der Waals surface area contributed by atoms with E-state index in [-0.39, 0.29) is 0 Å². The van der Waals surface area contributed by atoms with Crippen molar-refractivity contribution in [3.05, 3.63) is 34.9 Å². The SMILES string of the molecule is COCCN(C)CCNCc1c(C)cccc1C. The van der Waals surface area contributed by atoms with Crippen molar-refractivity contribution in [3.8, 4) is 0 Å². The fourth-order valence-corrected chi connectivity index (χ4v) is 1.97. The van der Waals surface area contributed by atoms with Gasteiger partial charge in [0.1, 0.15) is 0 Å². The topological polar surface area (TPSA) is 24.5 Å². The van der Waals surface area contributed by atoms with Crippen molar-refractivity contribution >= 4 is 0 Å². The second kappa shape index (κ2) is 8.25. The van der Waals surface area contributed by atoms with E-state index in [4.69, 9.17) is 4.74 Å². The van der Waals surface area contributed by atoms with E-state index in [1.807, 2.05) is 0 Å². The van der Waals surface area contributed by atoms with Gasteiger partial charge in [-0.15, -0.1) is 0 Å². The van der Waals surface area contributed by atoms with Crippen LogP contribution in [0.25, 0.3) is 0 Å². The number of benzene rings is 1. The third-order valence-corrected chi connectivity index (χ3v) is 3.29. The molecule has 0 aromatic heterocycles. The summed E-state index contributed by atoms with van der Waals surface area (Å²) in [5.74, 6) is 0. The van der Waals surface area contributed by atoms with Crippen LogP contribution in [0.5, 0.6) is 0 Å². The van der Waals surface area contributed by atoms with Crippen LogP contribution in [-0.2, 0) is 11.3 Å². The molecule has 0 spiro atoms. The third-order valence-electron chi connectivity index (χ3n) is 3.29. The van der Waals surface area contributed by atoms with E-state index >= 15 is 0 Å². The maximum Gasteiger partial charge on any atom is 0.0589 e. The number of methoxy groups -OCH3 is 1. The van der Waals surface area contributed by atoms with Gasteiger partial charge in [-0.1, -0.05) is 18.2 Å². The number of rotatable bonds is 8. The van der Waals surface area contributed by atoms with Gasteiger partial charge in [-0.05, 0) is 37.6 Å². The van der Waals surface area contributed by atoms with Gasteiger partial charge < -0.3 is 15.0 Å². The van der Waals surface area contributed by atoms with Crippen molar-refractivity contribution < 1.29 is 4.74 Å². The summed E-state index contributed by atoms with van der Waals surface area (Å²) in [6.45, 7) is 9.15. The average molecular weight is 250 g/mol. The van der Waals surface area contributed by atoms with Crippen molar-refractivity contribution in [1.29, 1.82) is 0 Å². The summed E-state index contributed by atoms with van der Waals surface area (Å²) in [6, 6.07) is 6.47. The fraction of sp³-hybridized carbons (Fsp3) is 0.600. The molecule has 0 fully saturated rings. The summed E-state index contributed by atoms with van der Waals surface area (Å²) < 4.78 is 5.06. The van der Waals surface area contributed by atoms with Gasteiger partial charge in [0, 0.05) is 33.3 Å². The molecule has 0 aliphatic heterocycles.